The fourth-order valence-corrected chi connectivity index (χ4v) is 3.11. The number of carbonyl (C=O) groups excluding carboxylic acids is 1. The van der Waals surface area contributed by atoms with Crippen molar-refractivity contribution in [1.29, 1.82) is 0 Å². The van der Waals surface area contributed by atoms with Crippen molar-refractivity contribution in [3.05, 3.63) is 44.8 Å². The van der Waals surface area contributed by atoms with Crippen molar-refractivity contribution in [3.8, 4) is 0 Å². The average Bonchev–Trinajstić information content (AvgIpc) is 2.72. The van der Waals surface area contributed by atoms with E-state index in [0.717, 1.165) is 11.8 Å². The lowest BCUT2D eigenvalue weighted by Gasteiger charge is -2.12. The van der Waals surface area contributed by atoms with Gasteiger partial charge in [-0.1, -0.05) is 36.1 Å². The van der Waals surface area contributed by atoms with Crippen molar-refractivity contribution >= 4 is 46.0 Å². The molecule has 0 spiro atoms. The van der Waals surface area contributed by atoms with E-state index in [1.807, 2.05) is 0 Å². The summed E-state index contributed by atoms with van der Waals surface area (Å²) in [6, 6.07) is 6.05. The molecule has 1 aliphatic rings. The first-order valence-electron chi connectivity index (χ1n) is 6.13. The van der Waals surface area contributed by atoms with Crippen molar-refractivity contribution in [2.24, 2.45) is 0 Å². The van der Waals surface area contributed by atoms with Crippen molar-refractivity contribution in [1.82, 2.24) is 4.90 Å². The van der Waals surface area contributed by atoms with E-state index in [0.29, 0.717) is 27.8 Å². The molecule has 1 amide bonds. The highest BCUT2D eigenvalue weighted by Gasteiger charge is 2.31. The monoisotopic (exact) mass is 324 g/mol. The number of hydrogen-bond acceptors (Lipinski definition) is 6. The second-order valence-corrected chi connectivity index (χ2v) is 5.94. The maximum absolute atomic E-state index is 12.2. The number of nitro benzene ring substituents is 1. The van der Waals surface area contributed by atoms with Gasteiger partial charge < -0.3 is 5.11 Å². The molecule has 0 radical (unpaired) electrons. The van der Waals surface area contributed by atoms with Gasteiger partial charge in [-0.3, -0.25) is 19.8 Å². The highest BCUT2D eigenvalue weighted by atomic mass is 32.2. The van der Waals surface area contributed by atoms with Crippen LogP contribution in [0.5, 0.6) is 0 Å². The highest BCUT2D eigenvalue weighted by molar-refractivity contribution is 8.26. The summed E-state index contributed by atoms with van der Waals surface area (Å²) < 4.78 is 0.435. The average molecular weight is 324 g/mol. The molecule has 110 valence electrons. The number of carbonyl (C=O) groups is 1. The number of aliphatic hydroxyl groups is 1. The summed E-state index contributed by atoms with van der Waals surface area (Å²) in [7, 11) is 0. The van der Waals surface area contributed by atoms with Crippen LogP contribution in [0.25, 0.3) is 6.08 Å². The zero-order valence-corrected chi connectivity index (χ0v) is 12.5. The third kappa shape index (κ3) is 3.66. The van der Waals surface area contributed by atoms with Gasteiger partial charge in [-0.25, -0.2) is 0 Å². The fourth-order valence-electron chi connectivity index (χ4n) is 1.80. The van der Waals surface area contributed by atoms with E-state index in [9.17, 15) is 14.9 Å². The smallest absolute Gasteiger partial charge is 0.270 e. The Morgan fingerprint density at radius 1 is 1.48 bits per heavy atom. The quantitative estimate of drug-likeness (QED) is 0.387. The Bertz CT molecular complexity index is 630. The molecule has 0 aliphatic carbocycles. The van der Waals surface area contributed by atoms with Gasteiger partial charge in [0.15, 0.2) is 0 Å². The van der Waals surface area contributed by atoms with Gasteiger partial charge in [-0.2, -0.15) is 0 Å². The topological polar surface area (TPSA) is 83.7 Å². The van der Waals surface area contributed by atoms with E-state index in [1.165, 1.54) is 17.0 Å². The molecule has 1 heterocycles. The van der Waals surface area contributed by atoms with Crippen molar-refractivity contribution in [2.75, 3.05) is 13.2 Å². The SMILES string of the molecule is O=C1/C(=C/c2cccc([N+](=O)[O-])c2)SC(=S)N1CCCO. The van der Waals surface area contributed by atoms with Crippen LogP contribution >= 0.6 is 24.0 Å². The van der Waals surface area contributed by atoms with Crippen LogP contribution in [0.3, 0.4) is 0 Å². The van der Waals surface area contributed by atoms with E-state index in [4.69, 9.17) is 17.3 Å². The van der Waals surface area contributed by atoms with Crippen LogP contribution in [0, 0.1) is 10.1 Å². The molecule has 1 N–H and O–H groups in total. The molecule has 21 heavy (non-hydrogen) atoms. The molecule has 2 rings (SSSR count). The van der Waals surface area contributed by atoms with Gasteiger partial charge in [0, 0.05) is 25.3 Å². The Morgan fingerprint density at radius 3 is 2.90 bits per heavy atom. The lowest BCUT2D eigenvalue weighted by atomic mass is 10.2. The largest absolute Gasteiger partial charge is 0.396 e. The third-order valence-corrected chi connectivity index (χ3v) is 4.17. The minimum atomic E-state index is -0.482. The first-order valence-corrected chi connectivity index (χ1v) is 7.36. The van der Waals surface area contributed by atoms with Crippen LogP contribution < -0.4 is 0 Å². The summed E-state index contributed by atoms with van der Waals surface area (Å²) in [6.45, 7) is 0.356. The molecule has 0 aromatic heterocycles. The van der Waals surface area contributed by atoms with E-state index in [-0.39, 0.29) is 18.2 Å². The summed E-state index contributed by atoms with van der Waals surface area (Å²) >= 11 is 6.29. The summed E-state index contributed by atoms with van der Waals surface area (Å²) in [5, 5.41) is 19.6. The number of hydrogen-bond donors (Lipinski definition) is 1. The maximum atomic E-state index is 12.2. The van der Waals surface area contributed by atoms with E-state index in [2.05, 4.69) is 0 Å². The number of thiocarbonyl (C=S) groups is 1. The van der Waals surface area contributed by atoms with Crippen LogP contribution in [-0.4, -0.2) is 38.3 Å². The minimum absolute atomic E-state index is 0.0129. The predicted molar refractivity (Wildman–Crippen MR) is 84.7 cm³/mol. The van der Waals surface area contributed by atoms with Crippen LogP contribution in [0.1, 0.15) is 12.0 Å². The van der Waals surface area contributed by atoms with Crippen molar-refractivity contribution in [3.63, 3.8) is 0 Å². The molecule has 6 nitrogen and oxygen atoms in total. The fraction of sp³-hybridized carbons (Fsp3) is 0.231. The molecule has 0 saturated carbocycles. The lowest BCUT2D eigenvalue weighted by Crippen LogP contribution is -2.29. The van der Waals surface area contributed by atoms with Gasteiger partial charge in [-0.15, -0.1) is 0 Å². The molecule has 0 unspecified atom stereocenters. The number of non-ortho nitro benzene ring substituents is 1. The van der Waals surface area contributed by atoms with Gasteiger partial charge in [0.2, 0.25) is 0 Å². The minimum Gasteiger partial charge on any atom is -0.396 e. The number of rotatable bonds is 5. The third-order valence-electron chi connectivity index (χ3n) is 2.79. The number of nitrogens with zero attached hydrogens (tertiary/aromatic N) is 2. The van der Waals surface area contributed by atoms with Gasteiger partial charge >= 0.3 is 0 Å². The zero-order valence-electron chi connectivity index (χ0n) is 10.9. The first kappa shape index (κ1) is 15.6. The van der Waals surface area contributed by atoms with Crippen molar-refractivity contribution < 1.29 is 14.8 Å². The van der Waals surface area contributed by atoms with E-state index >= 15 is 0 Å². The Hall–Kier alpha value is -1.77. The Morgan fingerprint density at radius 2 is 2.24 bits per heavy atom. The number of thioether (sulfide) groups is 1. The van der Waals surface area contributed by atoms with Crippen LogP contribution in [0.4, 0.5) is 5.69 Å². The summed E-state index contributed by atoms with van der Waals surface area (Å²) in [4.78, 5) is 24.3. The zero-order chi connectivity index (χ0) is 15.4. The summed E-state index contributed by atoms with van der Waals surface area (Å²) in [5.74, 6) is -0.232. The molecule has 1 aromatic rings. The number of aliphatic hydroxyl groups excluding tert-OH is 1. The van der Waals surface area contributed by atoms with Crippen molar-refractivity contribution in [2.45, 2.75) is 6.42 Å². The van der Waals surface area contributed by atoms with Crippen LogP contribution in [0.15, 0.2) is 29.2 Å². The molecule has 1 aliphatic heterocycles. The Labute approximate surface area is 130 Å². The van der Waals surface area contributed by atoms with Gasteiger partial charge in [0.1, 0.15) is 4.32 Å². The number of benzene rings is 1. The van der Waals surface area contributed by atoms with Crippen LogP contribution in [0.2, 0.25) is 0 Å². The normalized spacial score (nSPS) is 16.8. The van der Waals surface area contributed by atoms with Gasteiger partial charge in [0.05, 0.1) is 9.83 Å². The Balaban J connectivity index is 2.22. The molecule has 1 fully saturated rings. The second kappa shape index (κ2) is 6.79. The molecule has 1 aromatic carbocycles. The highest BCUT2D eigenvalue weighted by Crippen LogP contribution is 2.32. The van der Waals surface area contributed by atoms with E-state index in [1.54, 1.807) is 18.2 Å². The Kier molecular flexibility index (Phi) is 5.05. The summed E-state index contributed by atoms with van der Waals surface area (Å²) in [6.07, 6.45) is 2.04. The van der Waals surface area contributed by atoms with Gasteiger partial charge in [-0.05, 0) is 18.1 Å². The standard InChI is InChI=1S/C13H12N2O4S2/c16-6-2-5-14-12(17)11(21-13(14)20)8-9-3-1-4-10(7-9)15(18)19/h1,3-4,7-8,16H,2,5-6H2/b11-8-. The molecule has 1 saturated heterocycles. The maximum Gasteiger partial charge on any atom is 0.270 e. The summed E-state index contributed by atoms with van der Waals surface area (Å²) in [5.41, 5.74) is 0.548. The van der Waals surface area contributed by atoms with Gasteiger partial charge in [0.25, 0.3) is 11.6 Å². The van der Waals surface area contributed by atoms with Crippen LogP contribution in [-0.2, 0) is 4.79 Å². The van der Waals surface area contributed by atoms with E-state index < -0.39 is 4.92 Å². The molecule has 0 bridgehead atoms. The number of amides is 1. The second-order valence-electron chi connectivity index (χ2n) is 4.26. The molecular formula is C13H12N2O4S2. The number of nitro groups is 1. The first-order chi connectivity index (χ1) is 10.0. The predicted octanol–water partition coefficient (Wildman–Crippen LogP) is 2.18. The molecular weight excluding hydrogens is 312 g/mol. The molecule has 8 heteroatoms. The lowest BCUT2D eigenvalue weighted by molar-refractivity contribution is -0.384. The molecule has 0 atom stereocenters.